The van der Waals surface area contributed by atoms with E-state index in [2.05, 4.69) is 26.4 Å². The van der Waals surface area contributed by atoms with E-state index in [9.17, 15) is 18.2 Å². The third-order valence-electron chi connectivity index (χ3n) is 5.14. The lowest BCUT2D eigenvalue weighted by atomic mass is 9.75. The van der Waals surface area contributed by atoms with Gasteiger partial charge in [0.15, 0.2) is 22.0 Å². The monoisotopic (exact) mass is 497 g/mol. The predicted molar refractivity (Wildman–Crippen MR) is 123 cm³/mol. The number of nitriles is 1. The van der Waals surface area contributed by atoms with Gasteiger partial charge in [-0.3, -0.25) is 4.72 Å². The van der Waals surface area contributed by atoms with Crippen LogP contribution in [0, 0.1) is 25.2 Å². The lowest BCUT2D eigenvalue weighted by molar-refractivity contribution is 0.242. The number of benzene rings is 2. The first-order valence-electron chi connectivity index (χ1n) is 10.1. The van der Waals surface area contributed by atoms with Gasteiger partial charge in [0, 0.05) is 5.69 Å². The fourth-order valence-corrected chi connectivity index (χ4v) is 4.15. The van der Waals surface area contributed by atoms with Crippen molar-refractivity contribution in [3.05, 3.63) is 88.7 Å². The average molecular weight is 498 g/mol. The molecule has 5 N–H and O–H groups in total. The third-order valence-corrected chi connectivity index (χ3v) is 5.62. The molecule has 4 rings (SSSR count). The fraction of sp³-hybridized carbons (Fsp3) is 0.227. The zero-order valence-corrected chi connectivity index (χ0v) is 20.0. The highest BCUT2D eigenvalue weighted by Crippen LogP contribution is 2.38. The Hall–Kier alpha value is -4.12. The number of hydrogen-bond donors (Lipinski definition) is 2. The van der Waals surface area contributed by atoms with Gasteiger partial charge in [-0.05, 0) is 62.1 Å². The van der Waals surface area contributed by atoms with E-state index >= 15 is 0 Å². The minimum absolute atomic E-state index is 0. The van der Waals surface area contributed by atoms with Crippen molar-refractivity contribution in [2.75, 3.05) is 4.72 Å². The van der Waals surface area contributed by atoms with Gasteiger partial charge in [-0.25, -0.2) is 8.42 Å². The van der Waals surface area contributed by atoms with Crippen LogP contribution in [0.15, 0.2) is 57.6 Å². The second-order valence-corrected chi connectivity index (χ2v) is 8.91. The van der Waals surface area contributed by atoms with Crippen LogP contribution >= 0.6 is 0 Å². The fourth-order valence-electron chi connectivity index (χ4n) is 3.72. The normalized spacial score (nSPS) is 11.5. The smallest absolute Gasteiger partial charge is 0.243 e. The SMILES string of the molecule is Cc1noc(C(Cc2ccc(NS(=O)(=O)[O-])cc2)(Cc2cccc(C#N)c2)c2nc(C)no2)n1.[NH4+]. The van der Waals surface area contributed by atoms with Gasteiger partial charge in [0.05, 0.1) is 11.6 Å². The van der Waals surface area contributed by atoms with Crippen LogP contribution in [0.1, 0.15) is 40.1 Å². The molecule has 4 aromatic rings. The molecule has 35 heavy (non-hydrogen) atoms. The molecule has 0 aliphatic rings. The summed E-state index contributed by atoms with van der Waals surface area (Å²) < 4.78 is 46.1. The van der Waals surface area contributed by atoms with Crippen molar-refractivity contribution in [3.63, 3.8) is 0 Å². The Morgan fingerprint density at radius 2 is 1.54 bits per heavy atom. The second kappa shape index (κ2) is 10.0. The quantitative estimate of drug-likeness (QED) is 0.340. The van der Waals surface area contributed by atoms with Crippen LogP contribution in [0.5, 0.6) is 0 Å². The van der Waals surface area contributed by atoms with Gasteiger partial charge in [0.2, 0.25) is 11.8 Å². The van der Waals surface area contributed by atoms with E-state index in [0.717, 1.165) is 11.1 Å². The molecule has 12 nitrogen and oxygen atoms in total. The van der Waals surface area contributed by atoms with Gasteiger partial charge >= 0.3 is 0 Å². The topological polar surface area (TPSA) is 207 Å². The van der Waals surface area contributed by atoms with Crippen LogP contribution in [0.3, 0.4) is 0 Å². The predicted octanol–water partition coefficient (Wildman–Crippen LogP) is 2.96. The number of quaternary nitrogens is 1. The molecule has 2 aromatic heterocycles. The van der Waals surface area contributed by atoms with Gasteiger partial charge in [0.1, 0.15) is 5.41 Å². The molecule has 0 amide bonds. The zero-order valence-electron chi connectivity index (χ0n) is 19.2. The molecular formula is C22H23N7O5S. The van der Waals surface area contributed by atoms with Crippen molar-refractivity contribution in [2.24, 2.45) is 0 Å². The van der Waals surface area contributed by atoms with E-state index in [1.54, 1.807) is 44.2 Å². The minimum Gasteiger partial charge on any atom is -0.731 e. The molecule has 2 heterocycles. The van der Waals surface area contributed by atoms with Crippen molar-refractivity contribution >= 4 is 16.0 Å². The molecule has 13 heteroatoms. The first kappa shape index (κ1) is 25.5. The van der Waals surface area contributed by atoms with Crippen molar-refractivity contribution in [1.29, 1.82) is 5.26 Å². The summed E-state index contributed by atoms with van der Waals surface area (Å²) in [5.41, 5.74) is 1.09. The highest BCUT2D eigenvalue weighted by atomic mass is 32.2. The van der Waals surface area contributed by atoms with Crippen molar-refractivity contribution < 1.29 is 22.0 Å². The maximum Gasteiger partial charge on any atom is 0.243 e. The van der Waals surface area contributed by atoms with E-state index < -0.39 is 15.7 Å². The van der Waals surface area contributed by atoms with E-state index in [-0.39, 0.29) is 30.0 Å². The molecule has 0 radical (unpaired) electrons. The molecule has 0 saturated carbocycles. The first-order chi connectivity index (χ1) is 16.2. The highest BCUT2D eigenvalue weighted by Gasteiger charge is 2.45. The Balaban J connectivity index is 0.00000342. The van der Waals surface area contributed by atoms with Crippen molar-refractivity contribution in [1.82, 2.24) is 26.4 Å². The van der Waals surface area contributed by atoms with Crippen LogP contribution in [-0.4, -0.2) is 33.3 Å². The van der Waals surface area contributed by atoms with E-state index in [1.165, 1.54) is 12.1 Å². The Labute approximate surface area is 201 Å². The Morgan fingerprint density at radius 3 is 2.03 bits per heavy atom. The molecule has 0 unspecified atom stereocenters. The van der Waals surface area contributed by atoms with Crippen LogP contribution < -0.4 is 10.9 Å². The van der Waals surface area contributed by atoms with E-state index in [1.807, 2.05) is 10.8 Å². The molecule has 0 bridgehead atoms. The molecule has 0 spiro atoms. The van der Waals surface area contributed by atoms with Gasteiger partial charge in [-0.15, -0.1) is 0 Å². The summed E-state index contributed by atoms with van der Waals surface area (Å²) in [6.45, 7) is 3.38. The van der Waals surface area contributed by atoms with Gasteiger partial charge in [-0.2, -0.15) is 15.2 Å². The Morgan fingerprint density at radius 1 is 0.971 bits per heavy atom. The molecule has 2 aromatic carbocycles. The van der Waals surface area contributed by atoms with Crippen LogP contribution in [0.2, 0.25) is 0 Å². The largest absolute Gasteiger partial charge is 0.731 e. The number of aryl methyl sites for hydroxylation is 2. The number of nitrogens with one attached hydrogen (secondary N) is 1. The molecule has 0 aliphatic carbocycles. The first-order valence-corrected chi connectivity index (χ1v) is 11.5. The third kappa shape index (κ3) is 5.87. The lowest BCUT2D eigenvalue weighted by Crippen LogP contribution is -2.34. The molecular weight excluding hydrogens is 474 g/mol. The van der Waals surface area contributed by atoms with E-state index in [4.69, 9.17) is 9.05 Å². The second-order valence-electron chi connectivity index (χ2n) is 7.79. The molecule has 0 aliphatic heterocycles. The summed E-state index contributed by atoms with van der Waals surface area (Å²) in [5.74, 6) is 1.34. The molecule has 0 saturated heterocycles. The van der Waals surface area contributed by atoms with Crippen molar-refractivity contribution in [3.8, 4) is 6.07 Å². The van der Waals surface area contributed by atoms with Gasteiger partial charge in [0.25, 0.3) is 0 Å². The average Bonchev–Trinajstić information content (AvgIpc) is 3.42. The number of rotatable bonds is 8. The van der Waals surface area contributed by atoms with Crippen LogP contribution in [0.4, 0.5) is 5.69 Å². The standard InChI is InChI=1S/C22H20N6O5S.H3N/c1-14-24-20(32-26-14)22(21-25-15(2)27-33-21,12-17-4-3-5-18(10-17)13-23)11-16-6-8-19(9-7-16)28-34(29,30)31;/h3-10,28H,11-12H2,1-2H3,(H,29,30,31);1H3. The number of anilines is 1. The highest BCUT2D eigenvalue weighted by molar-refractivity contribution is 7.87. The lowest BCUT2D eigenvalue weighted by Gasteiger charge is -2.27. The van der Waals surface area contributed by atoms with E-state index in [0.29, 0.717) is 23.6 Å². The molecule has 182 valence electrons. The van der Waals surface area contributed by atoms with Gasteiger partial charge < -0.3 is 19.7 Å². The zero-order chi connectivity index (χ0) is 24.3. The summed E-state index contributed by atoms with van der Waals surface area (Å²) in [6.07, 6.45) is 0.554. The molecule has 0 fully saturated rings. The summed E-state index contributed by atoms with van der Waals surface area (Å²) in [4.78, 5) is 8.93. The maximum atomic E-state index is 11.0. The summed E-state index contributed by atoms with van der Waals surface area (Å²) >= 11 is 0. The number of aromatic nitrogens is 4. The van der Waals surface area contributed by atoms with Gasteiger partial charge in [-0.1, -0.05) is 34.6 Å². The summed E-state index contributed by atoms with van der Waals surface area (Å²) in [7, 11) is -4.65. The van der Waals surface area contributed by atoms with Crippen molar-refractivity contribution in [2.45, 2.75) is 32.1 Å². The van der Waals surface area contributed by atoms with Crippen LogP contribution in [0.25, 0.3) is 0 Å². The number of nitrogens with zero attached hydrogens (tertiary/aromatic N) is 5. The summed E-state index contributed by atoms with van der Waals surface area (Å²) in [5, 5.41) is 17.2. The number of hydrogen-bond acceptors (Lipinski definition) is 10. The maximum absolute atomic E-state index is 11.0. The molecule has 0 atom stereocenters. The van der Waals surface area contributed by atoms with Crippen LogP contribution in [-0.2, 0) is 28.6 Å². The summed E-state index contributed by atoms with van der Waals surface area (Å²) in [6, 6.07) is 15.5. The minimum atomic E-state index is -4.65. The Bertz CT molecular complexity index is 1420. The Kier molecular flexibility index (Phi) is 7.30.